The van der Waals surface area contributed by atoms with Crippen molar-refractivity contribution in [2.45, 2.75) is 57.6 Å². The maximum absolute atomic E-state index is 10.7. The van der Waals surface area contributed by atoms with E-state index in [2.05, 4.69) is 17.4 Å². The highest BCUT2D eigenvalue weighted by molar-refractivity contribution is 5.36. The van der Waals surface area contributed by atoms with Gasteiger partial charge in [-0.3, -0.25) is 0 Å². The van der Waals surface area contributed by atoms with Crippen LogP contribution in [0.15, 0.2) is 48.5 Å². The Morgan fingerprint density at radius 1 is 1.03 bits per heavy atom. The number of nitrogens with one attached hydrogen (secondary N) is 1. The average Bonchev–Trinajstić information content (AvgIpc) is 2.84. The Bertz CT molecular complexity index is 960. The topological polar surface area (TPSA) is 82.0 Å². The number of rotatable bonds is 16. The number of hydrogen-bond acceptors (Lipinski definition) is 5. The molecule has 0 fully saturated rings. The Morgan fingerprint density at radius 2 is 1.77 bits per heavy atom. The molecule has 0 heterocycles. The van der Waals surface area contributed by atoms with Gasteiger partial charge in [0.15, 0.2) is 0 Å². The van der Waals surface area contributed by atoms with Crippen LogP contribution >= 0.6 is 0 Å². The van der Waals surface area contributed by atoms with Crippen LogP contribution in [0.1, 0.15) is 69.5 Å². The molecule has 2 rings (SSSR count). The molecule has 1 atom stereocenters. The largest absolute Gasteiger partial charge is 0.508 e. The number of unbranched alkanes of at least 4 members (excludes halogenated alkanes) is 4. The molecular weight excluding hydrogens is 378 g/mol. The molecule has 0 radical (unpaired) electrons. The Balaban J connectivity index is 1.69. The summed E-state index contributed by atoms with van der Waals surface area (Å²) < 4.78 is 53.9. The Kier molecular flexibility index (Phi) is 8.35. The van der Waals surface area contributed by atoms with Crippen LogP contribution in [0.5, 0.6) is 5.75 Å². The molecule has 0 aromatic heterocycles. The minimum absolute atomic E-state index is 0.147. The first-order chi connectivity index (χ1) is 17.0. The molecule has 0 spiro atoms. The van der Waals surface area contributed by atoms with Gasteiger partial charge in [0.05, 0.1) is 18.2 Å². The molecule has 5 nitrogen and oxygen atoms in total. The molecule has 0 saturated heterocycles. The first kappa shape index (κ1) is 16.7. The van der Waals surface area contributed by atoms with Gasteiger partial charge in [0, 0.05) is 28.0 Å². The zero-order chi connectivity index (χ0) is 26.8. The number of aliphatic hydroxyl groups excluding tert-OH is 1. The number of ether oxygens (including phenoxy) is 1. The van der Waals surface area contributed by atoms with Crippen molar-refractivity contribution in [1.82, 2.24) is 5.32 Å². The third-order valence-corrected chi connectivity index (χ3v) is 4.66. The summed E-state index contributed by atoms with van der Waals surface area (Å²) in [5.74, 6) is -0.795. The van der Waals surface area contributed by atoms with Gasteiger partial charge in [-0.15, -0.1) is 0 Å². The van der Waals surface area contributed by atoms with Crippen LogP contribution in [0.2, 0.25) is 0 Å². The molecule has 2 aromatic carbocycles. The second kappa shape index (κ2) is 15.0. The quantitative estimate of drug-likeness (QED) is 0.307. The first-order valence-electron chi connectivity index (χ1n) is 13.6. The maximum Gasteiger partial charge on any atom is 0.121 e. The molecule has 0 aliphatic carbocycles. The molecule has 1 unspecified atom stereocenters. The third-order valence-electron chi connectivity index (χ3n) is 4.66. The number of hydrogen-bond donors (Lipinski definition) is 4. The lowest BCUT2D eigenvalue weighted by molar-refractivity contribution is 0.126. The maximum atomic E-state index is 10.7. The number of aromatic hydroxyl groups is 1. The normalized spacial score (nSPS) is 16.6. The molecule has 30 heavy (non-hydrogen) atoms. The summed E-state index contributed by atoms with van der Waals surface area (Å²) in [5, 5.41) is 32.4. The Hall–Kier alpha value is -1.92. The van der Waals surface area contributed by atoms with E-state index in [0.717, 1.165) is 45.1 Å². The zero-order valence-corrected chi connectivity index (χ0v) is 17.4. The lowest BCUT2D eigenvalue weighted by Gasteiger charge is -2.14. The number of phenols is 1. The van der Waals surface area contributed by atoms with Crippen molar-refractivity contribution in [2.24, 2.45) is 0 Å². The van der Waals surface area contributed by atoms with Crippen molar-refractivity contribution in [3.63, 3.8) is 0 Å². The Labute approximate surface area is 189 Å². The molecule has 0 aliphatic heterocycles. The van der Waals surface area contributed by atoms with Gasteiger partial charge < -0.3 is 25.4 Å². The van der Waals surface area contributed by atoms with Gasteiger partial charge in [-0.2, -0.15) is 0 Å². The number of benzene rings is 2. The minimum Gasteiger partial charge on any atom is -0.508 e. The second-order valence-corrected chi connectivity index (χ2v) is 7.10. The van der Waals surface area contributed by atoms with Gasteiger partial charge >= 0.3 is 0 Å². The van der Waals surface area contributed by atoms with E-state index in [4.69, 9.17) is 13.0 Å². The van der Waals surface area contributed by atoms with Crippen LogP contribution in [0.3, 0.4) is 0 Å². The van der Waals surface area contributed by atoms with E-state index in [1.807, 2.05) is 18.2 Å². The summed E-state index contributed by atoms with van der Waals surface area (Å²) in [4.78, 5) is 0. The molecular formula is C25H37NO4. The van der Waals surface area contributed by atoms with Crippen LogP contribution in [0, 0.1) is 0 Å². The predicted octanol–water partition coefficient (Wildman–Crippen LogP) is 4.11. The van der Waals surface area contributed by atoms with Crippen molar-refractivity contribution in [2.75, 3.05) is 26.3 Å². The van der Waals surface area contributed by atoms with Crippen LogP contribution in [-0.4, -0.2) is 41.6 Å². The van der Waals surface area contributed by atoms with E-state index >= 15 is 0 Å². The summed E-state index contributed by atoms with van der Waals surface area (Å²) in [6.07, 6.45) is 3.16. The molecule has 4 N–H and O–H groups in total. The monoisotopic (exact) mass is 421 g/mol. The van der Waals surface area contributed by atoms with E-state index in [0.29, 0.717) is 13.0 Å². The van der Waals surface area contributed by atoms with Crippen molar-refractivity contribution in [3.05, 3.63) is 65.1 Å². The van der Waals surface area contributed by atoms with Crippen LogP contribution in [0.25, 0.3) is 0 Å². The highest BCUT2D eigenvalue weighted by Gasteiger charge is 2.09. The van der Waals surface area contributed by atoms with Gasteiger partial charge in [-0.1, -0.05) is 49.2 Å². The minimum atomic E-state index is -3.09. The fourth-order valence-electron chi connectivity index (χ4n) is 2.93. The van der Waals surface area contributed by atoms with E-state index in [1.165, 1.54) is 5.56 Å². The van der Waals surface area contributed by atoms with Gasteiger partial charge in [-0.25, -0.2) is 0 Å². The summed E-state index contributed by atoms with van der Waals surface area (Å²) in [7, 11) is 0. The third kappa shape index (κ3) is 9.72. The predicted molar refractivity (Wildman–Crippen MR) is 121 cm³/mol. The number of aliphatic hydroxyl groups is 2. The molecule has 0 saturated carbocycles. The first-order valence-corrected chi connectivity index (χ1v) is 10.6. The van der Waals surface area contributed by atoms with Crippen molar-refractivity contribution in [3.8, 4) is 5.75 Å². The molecule has 0 amide bonds. The van der Waals surface area contributed by atoms with E-state index in [-0.39, 0.29) is 6.54 Å². The van der Waals surface area contributed by atoms with Crippen LogP contribution in [0.4, 0.5) is 0 Å². The van der Waals surface area contributed by atoms with Crippen molar-refractivity contribution in [1.29, 1.82) is 0 Å². The number of aryl methyl sites for hydroxylation is 1. The highest BCUT2D eigenvalue weighted by atomic mass is 16.5. The van der Waals surface area contributed by atoms with Gasteiger partial charge in [0.1, 0.15) is 5.75 Å². The van der Waals surface area contributed by atoms with Crippen LogP contribution < -0.4 is 5.32 Å². The molecule has 166 valence electrons. The highest BCUT2D eigenvalue weighted by Crippen LogP contribution is 2.22. The van der Waals surface area contributed by atoms with Crippen molar-refractivity contribution < 1.29 is 28.3 Å². The SMILES string of the molecule is [2H]c1c([2H])c(C([2H])(O)C([2H])([2H])NCCCCCCOCCCCc2ccccc2)c([2H])c(CO)c1O. The molecule has 5 heteroatoms. The summed E-state index contributed by atoms with van der Waals surface area (Å²) in [5.41, 5.74) is 0.109. The van der Waals surface area contributed by atoms with Gasteiger partial charge in [0.25, 0.3) is 0 Å². The zero-order valence-electron chi connectivity index (χ0n) is 23.4. The standard InChI is InChI=1S/C25H37NO4/c27-20-23-18-22(13-14-24(23)28)25(29)19-26-15-7-1-2-8-16-30-17-9-6-12-21-10-4-3-5-11-21/h3-5,10-11,13-14,18,25-29H,1-2,6-9,12,15-17,19-20H2/i13D,14D,18D,19D2,25D. The van der Waals surface area contributed by atoms with Crippen molar-refractivity contribution >= 4 is 0 Å². The van der Waals surface area contributed by atoms with E-state index in [1.54, 1.807) is 0 Å². The lowest BCUT2D eigenvalue weighted by Crippen LogP contribution is -2.22. The van der Waals surface area contributed by atoms with Gasteiger partial charge in [-0.05, 0) is 61.9 Å². The summed E-state index contributed by atoms with van der Waals surface area (Å²) >= 11 is 0. The van der Waals surface area contributed by atoms with Crippen LogP contribution in [-0.2, 0) is 17.8 Å². The molecule has 0 bridgehead atoms. The van der Waals surface area contributed by atoms with E-state index < -0.39 is 54.2 Å². The molecule has 0 aliphatic rings. The Morgan fingerprint density at radius 3 is 2.53 bits per heavy atom. The summed E-state index contributed by atoms with van der Waals surface area (Å²) in [6.45, 7) is -2.07. The lowest BCUT2D eigenvalue weighted by atomic mass is 10.1. The molecule has 2 aromatic rings. The summed E-state index contributed by atoms with van der Waals surface area (Å²) in [6, 6.07) is 7.98. The van der Waals surface area contributed by atoms with Gasteiger partial charge in [0.2, 0.25) is 0 Å². The average molecular weight is 422 g/mol. The fourth-order valence-corrected chi connectivity index (χ4v) is 2.93. The smallest absolute Gasteiger partial charge is 0.121 e. The second-order valence-electron chi connectivity index (χ2n) is 7.10. The fraction of sp³-hybridized carbons (Fsp3) is 0.520. The van der Waals surface area contributed by atoms with E-state index in [9.17, 15) is 15.3 Å².